The van der Waals surface area contributed by atoms with Crippen LogP contribution >= 0.6 is 0 Å². The summed E-state index contributed by atoms with van der Waals surface area (Å²) in [6.45, 7) is 2.92. The van der Waals surface area contributed by atoms with E-state index in [9.17, 15) is 28.0 Å². The highest BCUT2D eigenvalue weighted by Gasteiger charge is 2.54. The van der Waals surface area contributed by atoms with Gasteiger partial charge in [-0.2, -0.15) is 5.10 Å². The maximum atomic E-state index is 14.0. The predicted molar refractivity (Wildman–Crippen MR) is 152 cm³/mol. The average Bonchev–Trinajstić information content (AvgIpc) is 3.20. The minimum absolute atomic E-state index is 0.0112. The number of nitrogens with one attached hydrogen (secondary N) is 2. The van der Waals surface area contributed by atoms with E-state index < -0.39 is 47.0 Å². The number of likely N-dealkylation sites (tertiary alicyclic amines) is 1. The van der Waals surface area contributed by atoms with Crippen LogP contribution in [0.1, 0.15) is 50.1 Å². The number of piperidine rings is 1. The van der Waals surface area contributed by atoms with Crippen LogP contribution in [0.25, 0.3) is 0 Å². The quantitative estimate of drug-likeness (QED) is 0.401. The van der Waals surface area contributed by atoms with Gasteiger partial charge in [-0.25, -0.2) is 23.6 Å². The topological polar surface area (TPSA) is 144 Å². The number of halogens is 2. The first-order valence-electron chi connectivity index (χ1n) is 13.6. The smallest absolute Gasteiger partial charge is 0.405 e. The number of alkyl halides is 2. The number of carbonyl (C=O) groups is 4. The van der Waals surface area contributed by atoms with E-state index in [-0.39, 0.29) is 31.1 Å². The predicted octanol–water partition coefficient (Wildman–Crippen LogP) is 2.58. The van der Waals surface area contributed by atoms with Gasteiger partial charge in [0.25, 0.3) is 12.3 Å². The number of benzene rings is 1. The van der Waals surface area contributed by atoms with Gasteiger partial charge >= 0.3 is 6.09 Å². The van der Waals surface area contributed by atoms with Crippen LogP contribution in [0, 0.1) is 17.3 Å². The van der Waals surface area contributed by atoms with Gasteiger partial charge in [0.05, 0.1) is 5.71 Å². The van der Waals surface area contributed by atoms with Crippen LogP contribution in [-0.2, 0) is 20.8 Å². The number of nitrogens with zero attached hydrogens (tertiary/aromatic N) is 4. The lowest BCUT2D eigenvalue weighted by molar-refractivity contribution is -0.142. The fourth-order valence-corrected chi connectivity index (χ4v) is 5.18. The second-order valence-electron chi connectivity index (χ2n) is 11.0. The molecule has 3 heterocycles. The van der Waals surface area contributed by atoms with Gasteiger partial charge < -0.3 is 20.6 Å². The molecular weight excluding hydrogens is 562 g/mol. The van der Waals surface area contributed by atoms with Gasteiger partial charge in [-0.15, -0.1) is 0 Å². The molecule has 1 fully saturated rings. The molecule has 13 heteroatoms. The summed E-state index contributed by atoms with van der Waals surface area (Å²) >= 11 is 0. The number of amides is 4. The molecule has 0 spiro atoms. The molecule has 4 amide bonds. The van der Waals surface area contributed by atoms with Crippen molar-refractivity contribution in [3.63, 3.8) is 0 Å². The van der Waals surface area contributed by atoms with E-state index >= 15 is 0 Å². The zero-order valence-corrected chi connectivity index (χ0v) is 23.9. The average molecular weight is 595 g/mol. The Bertz CT molecular complexity index is 1500. The minimum Gasteiger partial charge on any atom is -0.465 e. The zero-order chi connectivity index (χ0) is 31.4. The molecule has 0 bridgehead atoms. The van der Waals surface area contributed by atoms with Gasteiger partial charge in [0.2, 0.25) is 11.8 Å². The van der Waals surface area contributed by atoms with E-state index in [2.05, 4.69) is 32.6 Å². The van der Waals surface area contributed by atoms with E-state index in [0.717, 1.165) is 5.56 Å². The second kappa shape index (κ2) is 12.6. The summed E-state index contributed by atoms with van der Waals surface area (Å²) in [5, 5.41) is 19.6. The molecule has 0 unspecified atom stereocenters. The summed E-state index contributed by atoms with van der Waals surface area (Å²) in [5.74, 6) is 3.84. The van der Waals surface area contributed by atoms with Crippen molar-refractivity contribution < 1.29 is 33.1 Å². The number of hydrogen-bond donors (Lipinski definition) is 3. The number of aromatic nitrogens is 1. The zero-order valence-electron chi connectivity index (χ0n) is 23.9. The standard InChI is InChI=1S/C30H32F2N6O5/c1-29(2,35-28(42)43)26(40)34-22(14-8-12-20-11-7-13-21(33-20)24(31)32)25(39)38-16-15-23-30(18-38,27(41)37(3)36-23)17-19-9-5-4-6-10-19/h4-7,9-11,13,22,24,35H,14-18H2,1-3H3,(H,34,40)(H,42,43)/t22-,30-/m1/s1. The molecule has 2 aromatic rings. The Labute approximate surface area is 247 Å². The van der Waals surface area contributed by atoms with Crippen molar-refractivity contribution in [3.8, 4) is 11.8 Å². The fourth-order valence-electron chi connectivity index (χ4n) is 5.18. The van der Waals surface area contributed by atoms with Crippen molar-refractivity contribution >= 4 is 29.5 Å². The highest BCUT2D eigenvalue weighted by molar-refractivity contribution is 6.13. The molecule has 1 saturated heterocycles. The van der Waals surface area contributed by atoms with E-state index in [4.69, 9.17) is 5.11 Å². The molecule has 3 N–H and O–H groups in total. The summed E-state index contributed by atoms with van der Waals surface area (Å²) in [6.07, 6.45) is -3.80. The Morgan fingerprint density at radius 3 is 2.53 bits per heavy atom. The molecule has 2 aliphatic heterocycles. The van der Waals surface area contributed by atoms with Crippen LogP contribution < -0.4 is 10.6 Å². The molecule has 226 valence electrons. The van der Waals surface area contributed by atoms with Gasteiger partial charge in [0.15, 0.2) is 0 Å². The van der Waals surface area contributed by atoms with Gasteiger partial charge in [0, 0.05) is 33.0 Å². The van der Waals surface area contributed by atoms with Crippen molar-refractivity contribution in [1.29, 1.82) is 0 Å². The Morgan fingerprint density at radius 2 is 1.86 bits per heavy atom. The lowest BCUT2D eigenvalue weighted by Gasteiger charge is -2.40. The van der Waals surface area contributed by atoms with Crippen LogP contribution in [0.3, 0.4) is 0 Å². The van der Waals surface area contributed by atoms with Gasteiger partial charge in [-0.1, -0.05) is 42.3 Å². The van der Waals surface area contributed by atoms with Crippen molar-refractivity contribution in [1.82, 2.24) is 25.5 Å². The van der Waals surface area contributed by atoms with Gasteiger partial charge in [-0.3, -0.25) is 14.4 Å². The number of rotatable bonds is 8. The summed E-state index contributed by atoms with van der Waals surface area (Å²) < 4.78 is 26.2. The first kappa shape index (κ1) is 31.1. The van der Waals surface area contributed by atoms with Gasteiger partial charge in [0.1, 0.15) is 28.4 Å². The first-order chi connectivity index (χ1) is 20.3. The molecule has 0 saturated carbocycles. The van der Waals surface area contributed by atoms with Crippen molar-refractivity contribution in [2.75, 3.05) is 20.1 Å². The summed E-state index contributed by atoms with van der Waals surface area (Å²) in [5.41, 5.74) is -1.51. The molecular formula is C30H32F2N6O5. The highest BCUT2D eigenvalue weighted by atomic mass is 19.3. The number of hydrazone groups is 1. The molecule has 2 atom stereocenters. The molecule has 0 radical (unpaired) electrons. The highest BCUT2D eigenvalue weighted by Crippen LogP contribution is 2.38. The molecule has 0 aliphatic carbocycles. The molecule has 4 rings (SSSR count). The Hall–Kier alpha value is -4.86. The second-order valence-corrected chi connectivity index (χ2v) is 11.0. The van der Waals surface area contributed by atoms with Crippen molar-refractivity contribution in [2.45, 2.75) is 51.1 Å². The van der Waals surface area contributed by atoms with Crippen LogP contribution in [-0.4, -0.2) is 81.2 Å². The summed E-state index contributed by atoms with van der Waals surface area (Å²) in [7, 11) is 1.57. The third-order valence-corrected chi connectivity index (χ3v) is 7.37. The number of fused-ring (bicyclic) bond motifs is 1. The number of carbonyl (C=O) groups excluding carboxylic acids is 3. The number of hydrogen-bond acceptors (Lipinski definition) is 6. The SMILES string of the molecule is CN1N=C2CCN(C(=O)[C@@H](CC#Cc3cccc(C(F)F)n3)NC(=O)C(C)(C)NC(=O)O)C[C@@]2(Cc2ccccc2)C1=O. The maximum Gasteiger partial charge on any atom is 0.405 e. The largest absolute Gasteiger partial charge is 0.465 e. The van der Waals surface area contributed by atoms with Crippen LogP contribution in [0.5, 0.6) is 0 Å². The minimum atomic E-state index is -2.78. The molecule has 1 aromatic heterocycles. The Balaban J connectivity index is 1.62. The Kier molecular flexibility index (Phi) is 9.08. The third kappa shape index (κ3) is 6.97. The lowest BCUT2D eigenvalue weighted by Crippen LogP contribution is -2.61. The number of pyridine rings is 1. The van der Waals surface area contributed by atoms with E-state index in [1.165, 1.54) is 42.0 Å². The van der Waals surface area contributed by atoms with E-state index in [1.807, 2.05) is 30.3 Å². The summed E-state index contributed by atoms with van der Waals surface area (Å²) in [4.78, 5) is 57.1. The van der Waals surface area contributed by atoms with Gasteiger partial charge in [-0.05, 0) is 43.9 Å². The van der Waals surface area contributed by atoms with Crippen LogP contribution in [0.15, 0.2) is 53.6 Å². The lowest BCUT2D eigenvalue weighted by atomic mass is 9.73. The van der Waals surface area contributed by atoms with Crippen molar-refractivity contribution in [2.24, 2.45) is 10.5 Å². The molecule has 1 aromatic carbocycles. The molecule has 2 aliphatic rings. The van der Waals surface area contributed by atoms with E-state index in [0.29, 0.717) is 18.6 Å². The molecule has 43 heavy (non-hydrogen) atoms. The third-order valence-electron chi connectivity index (χ3n) is 7.37. The van der Waals surface area contributed by atoms with E-state index in [1.54, 1.807) is 7.05 Å². The first-order valence-corrected chi connectivity index (χ1v) is 13.6. The normalized spacial score (nSPS) is 18.7. The monoisotopic (exact) mass is 594 g/mol. The fraction of sp³-hybridized carbons (Fsp3) is 0.400. The maximum absolute atomic E-state index is 14.0. The van der Waals surface area contributed by atoms with Crippen LogP contribution in [0.4, 0.5) is 13.6 Å². The van der Waals surface area contributed by atoms with Crippen molar-refractivity contribution in [3.05, 3.63) is 65.5 Å². The Morgan fingerprint density at radius 1 is 1.14 bits per heavy atom. The van der Waals surface area contributed by atoms with Crippen LogP contribution in [0.2, 0.25) is 0 Å². The summed E-state index contributed by atoms with van der Waals surface area (Å²) in [6, 6.07) is 12.1. The molecule has 11 nitrogen and oxygen atoms in total. The number of carboxylic acid groups (broad SMARTS) is 1.